The third-order valence-electron chi connectivity index (χ3n) is 3.44. The van der Waals surface area contributed by atoms with E-state index in [-0.39, 0.29) is 30.4 Å². The Labute approximate surface area is 118 Å². The third-order valence-corrected chi connectivity index (χ3v) is 3.44. The van der Waals surface area contributed by atoms with Crippen LogP contribution in [0.4, 0.5) is 0 Å². The highest BCUT2D eigenvalue weighted by molar-refractivity contribution is 5.75. The zero-order valence-corrected chi connectivity index (χ0v) is 11.8. The lowest BCUT2D eigenvalue weighted by Crippen LogP contribution is -2.34. The largest absolute Gasteiger partial charge is 0.462 e. The first-order chi connectivity index (χ1) is 9.67. The lowest BCUT2D eigenvalue weighted by molar-refractivity contribution is -0.178. The summed E-state index contributed by atoms with van der Waals surface area (Å²) in [7, 11) is 0. The molecule has 114 valence electrons. The molecular formula is C14H22O6. The van der Waals surface area contributed by atoms with Crippen LogP contribution in [-0.2, 0) is 28.5 Å². The zero-order valence-electron chi connectivity index (χ0n) is 11.8. The minimum absolute atomic E-state index is 0.0216. The summed E-state index contributed by atoms with van der Waals surface area (Å²) in [5.74, 6) is -0.239. The van der Waals surface area contributed by atoms with E-state index in [2.05, 4.69) is 0 Å². The Morgan fingerprint density at radius 1 is 1.05 bits per heavy atom. The van der Waals surface area contributed by atoms with Crippen molar-refractivity contribution in [3.63, 3.8) is 0 Å². The third kappa shape index (κ3) is 4.76. The van der Waals surface area contributed by atoms with E-state index in [1.807, 2.05) is 6.92 Å². The average molecular weight is 286 g/mol. The van der Waals surface area contributed by atoms with Crippen molar-refractivity contribution in [2.75, 3.05) is 13.2 Å². The van der Waals surface area contributed by atoms with Gasteiger partial charge in [-0.3, -0.25) is 9.59 Å². The molecule has 6 heteroatoms. The zero-order chi connectivity index (χ0) is 14.4. The first-order valence-corrected chi connectivity index (χ1v) is 7.29. The number of hydrogen-bond donors (Lipinski definition) is 0. The fraction of sp³-hybridized carbons (Fsp3) is 0.857. The highest BCUT2D eigenvalue weighted by Crippen LogP contribution is 2.19. The summed E-state index contributed by atoms with van der Waals surface area (Å²) in [6.07, 6.45) is 4.14. The molecule has 0 aromatic rings. The summed E-state index contributed by atoms with van der Waals surface area (Å²) in [6, 6.07) is 0. The maximum Gasteiger partial charge on any atom is 0.309 e. The average Bonchev–Trinajstić information content (AvgIpc) is 2.36. The number of ether oxygens (including phenoxy) is 4. The normalized spacial score (nSPS) is 26.2. The Bertz CT molecular complexity index is 327. The number of rotatable bonds is 10. The summed E-state index contributed by atoms with van der Waals surface area (Å²) in [4.78, 5) is 21.2. The molecule has 0 aromatic carbocycles. The van der Waals surface area contributed by atoms with Crippen molar-refractivity contribution in [1.82, 2.24) is 0 Å². The summed E-state index contributed by atoms with van der Waals surface area (Å²) >= 11 is 0. The minimum Gasteiger partial charge on any atom is -0.462 e. The molecule has 3 atom stereocenters. The van der Waals surface area contributed by atoms with Gasteiger partial charge in [0.05, 0.1) is 19.4 Å². The van der Waals surface area contributed by atoms with Crippen LogP contribution < -0.4 is 0 Å². The van der Waals surface area contributed by atoms with E-state index < -0.39 is 0 Å². The molecule has 0 bridgehead atoms. The van der Waals surface area contributed by atoms with Gasteiger partial charge in [-0.1, -0.05) is 6.92 Å². The van der Waals surface area contributed by atoms with Crippen LogP contribution in [0.5, 0.6) is 0 Å². The Balaban J connectivity index is 1.44. The van der Waals surface area contributed by atoms with Gasteiger partial charge in [-0.05, 0) is 19.3 Å². The molecule has 0 aliphatic carbocycles. The summed E-state index contributed by atoms with van der Waals surface area (Å²) in [5.41, 5.74) is 0. The fourth-order valence-corrected chi connectivity index (χ4v) is 2.19. The Hall–Kier alpha value is -1.14. The lowest BCUT2D eigenvalue weighted by atomic mass is 10.1. The highest BCUT2D eigenvalue weighted by Gasteiger charge is 2.28. The molecule has 0 amide bonds. The molecule has 0 radical (unpaired) electrons. The van der Waals surface area contributed by atoms with Crippen LogP contribution in [0.25, 0.3) is 0 Å². The van der Waals surface area contributed by atoms with Crippen LogP contribution in [0, 0.1) is 0 Å². The van der Waals surface area contributed by atoms with Crippen LogP contribution in [0.3, 0.4) is 0 Å². The standard InChI is InChI=1S/C14H22O6/c1-2-14(18-7-5-11-9-13(16)20-11)17-6-3-4-10-8-12(15)19-10/h10-11,14H,2-9H2,1H3. The van der Waals surface area contributed by atoms with Gasteiger partial charge in [-0.2, -0.15) is 0 Å². The quantitative estimate of drug-likeness (QED) is 0.345. The minimum atomic E-state index is -0.213. The van der Waals surface area contributed by atoms with Gasteiger partial charge in [0.2, 0.25) is 0 Å². The SMILES string of the molecule is CCC(OCCCC1CC(=O)O1)OCCC1CC(=O)O1. The molecule has 6 nitrogen and oxygen atoms in total. The molecule has 2 aliphatic heterocycles. The topological polar surface area (TPSA) is 71.1 Å². The second kappa shape index (κ2) is 7.59. The van der Waals surface area contributed by atoms with Crippen LogP contribution in [0.2, 0.25) is 0 Å². The van der Waals surface area contributed by atoms with Gasteiger partial charge in [0.25, 0.3) is 0 Å². The maximum absolute atomic E-state index is 10.6. The molecule has 2 saturated heterocycles. The van der Waals surface area contributed by atoms with Crippen molar-refractivity contribution >= 4 is 11.9 Å². The number of carbonyl (C=O) groups excluding carboxylic acids is 2. The van der Waals surface area contributed by atoms with Gasteiger partial charge in [0.15, 0.2) is 6.29 Å². The predicted octanol–water partition coefficient (Wildman–Crippen LogP) is 1.56. The van der Waals surface area contributed by atoms with Crippen molar-refractivity contribution in [2.45, 2.75) is 63.9 Å². The number of carbonyl (C=O) groups is 2. The molecule has 2 fully saturated rings. The van der Waals surface area contributed by atoms with E-state index in [1.54, 1.807) is 0 Å². The van der Waals surface area contributed by atoms with Gasteiger partial charge in [-0.25, -0.2) is 0 Å². The first-order valence-electron chi connectivity index (χ1n) is 7.29. The Morgan fingerprint density at radius 3 is 2.15 bits per heavy atom. The smallest absolute Gasteiger partial charge is 0.309 e. The van der Waals surface area contributed by atoms with E-state index in [0.717, 1.165) is 25.7 Å². The Kier molecular flexibility index (Phi) is 5.79. The van der Waals surface area contributed by atoms with Gasteiger partial charge < -0.3 is 18.9 Å². The molecule has 2 heterocycles. The number of hydrogen-bond acceptors (Lipinski definition) is 6. The van der Waals surface area contributed by atoms with Crippen LogP contribution >= 0.6 is 0 Å². The maximum atomic E-state index is 10.6. The van der Waals surface area contributed by atoms with Crippen molar-refractivity contribution in [2.24, 2.45) is 0 Å². The van der Waals surface area contributed by atoms with E-state index in [4.69, 9.17) is 18.9 Å². The van der Waals surface area contributed by atoms with E-state index in [1.165, 1.54) is 0 Å². The molecule has 0 aromatic heterocycles. The molecule has 2 aliphatic rings. The van der Waals surface area contributed by atoms with Crippen LogP contribution in [-0.4, -0.2) is 43.7 Å². The molecule has 3 unspecified atom stereocenters. The van der Waals surface area contributed by atoms with Gasteiger partial charge in [0, 0.05) is 13.0 Å². The lowest BCUT2D eigenvalue weighted by Gasteiger charge is -2.26. The van der Waals surface area contributed by atoms with Crippen LogP contribution in [0.1, 0.15) is 45.4 Å². The van der Waals surface area contributed by atoms with Crippen LogP contribution in [0.15, 0.2) is 0 Å². The molecule has 20 heavy (non-hydrogen) atoms. The Morgan fingerprint density at radius 2 is 1.60 bits per heavy atom. The summed E-state index contributed by atoms with van der Waals surface area (Å²) in [6.45, 7) is 3.14. The van der Waals surface area contributed by atoms with Crippen molar-refractivity contribution in [3.05, 3.63) is 0 Å². The monoisotopic (exact) mass is 286 g/mol. The van der Waals surface area contributed by atoms with Crippen molar-refractivity contribution < 1.29 is 28.5 Å². The van der Waals surface area contributed by atoms with Gasteiger partial charge >= 0.3 is 11.9 Å². The van der Waals surface area contributed by atoms with E-state index in [0.29, 0.717) is 26.1 Å². The molecule has 2 rings (SSSR count). The van der Waals surface area contributed by atoms with Crippen molar-refractivity contribution in [3.8, 4) is 0 Å². The summed E-state index contributed by atoms with van der Waals surface area (Å²) < 4.78 is 21.0. The van der Waals surface area contributed by atoms with Gasteiger partial charge in [0.1, 0.15) is 12.2 Å². The van der Waals surface area contributed by atoms with Crippen molar-refractivity contribution in [1.29, 1.82) is 0 Å². The number of cyclic esters (lactones) is 2. The summed E-state index contributed by atoms with van der Waals surface area (Å²) in [5, 5.41) is 0. The van der Waals surface area contributed by atoms with E-state index >= 15 is 0 Å². The first kappa shape index (κ1) is 15.3. The molecule has 0 N–H and O–H groups in total. The van der Waals surface area contributed by atoms with Gasteiger partial charge in [-0.15, -0.1) is 0 Å². The van der Waals surface area contributed by atoms with E-state index in [9.17, 15) is 9.59 Å². The highest BCUT2D eigenvalue weighted by atomic mass is 16.7. The predicted molar refractivity (Wildman–Crippen MR) is 68.8 cm³/mol. The second-order valence-electron chi connectivity index (χ2n) is 5.14. The molecular weight excluding hydrogens is 264 g/mol. The molecule has 0 saturated carbocycles. The number of esters is 2. The molecule has 0 spiro atoms. The fourth-order valence-electron chi connectivity index (χ4n) is 2.19. The second-order valence-corrected chi connectivity index (χ2v) is 5.14.